The summed E-state index contributed by atoms with van der Waals surface area (Å²) in [4.78, 5) is 41.2. The van der Waals surface area contributed by atoms with Gasteiger partial charge in [-0.15, -0.1) is 0 Å². The molecule has 1 saturated carbocycles. The maximum atomic E-state index is 14.0. The quantitative estimate of drug-likeness (QED) is 0.226. The van der Waals surface area contributed by atoms with Crippen LogP contribution in [0.2, 0.25) is 0 Å². The maximum absolute atomic E-state index is 14.0. The molecular weight excluding hydrogens is 544 g/mol. The molecule has 6 nitrogen and oxygen atoms in total. The number of hydrogen-bond acceptors (Lipinski definition) is 4. The fourth-order valence-corrected chi connectivity index (χ4v) is 7.37. The van der Waals surface area contributed by atoms with Crippen LogP contribution < -0.4 is 17.0 Å². The predicted octanol–water partition coefficient (Wildman–Crippen LogP) is 1.73. The lowest BCUT2D eigenvalue weighted by Gasteiger charge is -2.52. The fourth-order valence-electron chi connectivity index (χ4n) is 7.37. The number of amides is 2. The first-order valence-electron chi connectivity index (χ1n) is 14.1. The van der Waals surface area contributed by atoms with Crippen LogP contribution in [0, 0.1) is 5.92 Å². The molecule has 0 spiro atoms. The van der Waals surface area contributed by atoms with Gasteiger partial charge in [0.25, 0.3) is 11.8 Å². The van der Waals surface area contributed by atoms with Gasteiger partial charge in [-0.1, -0.05) is 68.1 Å². The fraction of sp³-hybridized carbons (Fsp3) is 0.516. The number of fused-ring (bicyclic) bond motifs is 4. The van der Waals surface area contributed by atoms with Crippen LogP contribution in [0.15, 0.2) is 54.6 Å². The lowest BCUT2D eigenvalue weighted by atomic mass is 9.74. The number of rotatable bonds is 6. The molecule has 1 atom stereocenters. The number of carbonyl (C=O) groups excluding carboxylic acids is 3. The number of imide groups is 1. The number of halogens is 1. The molecule has 5 aliphatic rings. The number of nitrogens with zero attached hydrogens (tertiary/aromatic N) is 2. The van der Waals surface area contributed by atoms with Crippen molar-refractivity contribution < 1.29 is 40.6 Å². The van der Waals surface area contributed by atoms with Crippen molar-refractivity contribution in [1.29, 1.82) is 0 Å². The van der Waals surface area contributed by atoms with E-state index in [2.05, 4.69) is 12.1 Å². The van der Waals surface area contributed by atoms with Crippen LogP contribution in [0.3, 0.4) is 0 Å². The highest BCUT2D eigenvalue weighted by Crippen LogP contribution is 2.42. The minimum Gasteiger partial charge on any atom is -1.00 e. The van der Waals surface area contributed by atoms with Crippen LogP contribution >= 0.6 is 0 Å². The van der Waals surface area contributed by atoms with Crippen LogP contribution in [0.5, 0.6) is 0 Å². The Morgan fingerprint density at radius 3 is 2.05 bits per heavy atom. The maximum Gasteiger partial charge on any atom is 0.317 e. The van der Waals surface area contributed by atoms with Crippen molar-refractivity contribution in [3.63, 3.8) is 0 Å². The Kier molecular flexibility index (Phi) is 7.79. The number of carbonyl (C=O) groups is 3. The van der Waals surface area contributed by atoms with Crippen molar-refractivity contribution >= 4 is 17.8 Å². The average molecular weight is 582 g/mol. The number of piperidine rings is 3. The third kappa shape index (κ3) is 4.73. The van der Waals surface area contributed by atoms with Crippen molar-refractivity contribution in [2.45, 2.75) is 62.9 Å². The second kappa shape index (κ2) is 10.9. The van der Waals surface area contributed by atoms with E-state index in [9.17, 15) is 14.4 Å². The van der Waals surface area contributed by atoms with Gasteiger partial charge < -0.3 is 26.2 Å². The van der Waals surface area contributed by atoms with Gasteiger partial charge >= 0.3 is 5.97 Å². The van der Waals surface area contributed by atoms with E-state index >= 15 is 0 Å². The first-order chi connectivity index (χ1) is 18.0. The molecule has 4 heterocycles. The summed E-state index contributed by atoms with van der Waals surface area (Å²) in [6.45, 7) is 3.95. The van der Waals surface area contributed by atoms with Crippen molar-refractivity contribution in [3.8, 4) is 0 Å². The molecule has 3 saturated heterocycles. The number of benzene rings is 2. The summed E-state index contributed by atoms with van der Waals surface area (Å²) in [5.41, 5.74) is 1.56. The Morgan fingerprint density at radius 2 is 1.45 bits per heavy atom. The average Bonchev–Trinajstić information content (AvgIpc) is 3.09. The largest absolute Gasteiger partial charge is 1.00 e. The summed E-state index contributed by atoms with van der Waals surface area (Å²) >= 11 is 0. The lowest BCUT2D eigenvalue weighted by Crippen LogP contribution is -3.00. The molecule has 7 heteroatoms. The topological polar surface area (TPSA) is 63.7 Å². The van der Waals surface area contributed by atoms with E-state index in [0.717, 1.165) is 74.8 Å². The van der Waals surface area contributed by atoms with E-state index in [-0.39, 0.29) is 40.9 Å². The number of esters is 1. The summed E-state index contributed by atoms with van der Waals surface area (Å²) in [5, 5.41) is 0. The number of ether oxygens (including phenoxy) is 1. The van der Waals surface area contributed by atoms with Gasteiger partial charge in [-0.2, -0.15) is 0 Å². The second-order valence-electron chi connectivity index (χ2n) is 11.6. The molecule has 0 unspecified atom stereocenters. The van der Waals surface area contributed by atoms with Gasteiger partial charge in [0.05, 0.1) is 42.7 Å². The molecule has 7 rings (SSSR count). The summed E-state index contributed by atoms with van der Waals surface area (Å²) in [6.07, 6.45) is 8.12. The molecule has 1 aliphatic carbocycles. The van der Waals surface area contributed by atoms with E-state index in [1.165, 1.54) is 17.7 Å². The van der Waals surface area contributed by atoms with Crippen molar-refractivity contribution in [2.75, 3.05) is 32.7 Å². The summed E-state index contributed by atoms with van der Waals surface area (Å²) in [7, 11) is 0. The van der Waals surface area contributed by atoms with Gasteiger partial charge in [0.15, 0.2) is 6.10 Å². The minimum atomic E-state index is -0.547. The highest BCUT2D eigenvalue weighted by Gasteiger charge is 2.51. The van der Waals surface area contributed by atoms with E-state index in [4.69, 9.17) is 4.74 Å². The second-order valence-corrected chi connectivity index (χ2v) is 11.6. The normalized spacial score (nSPS) is 27.8. The van der Waals surface area contributed by atoms with Gasteiger partial charge in [0, 0.05) is 18.8 Å². The molecule has 0 N–H and O–H groups in total. The molecule has 2 amide bonds. The van der Waals surface area contributed by atoms with Crippen LogP contribution in [0.1, 0.15) is 77.6 Å². The molecule has 38 heavy (non-hydrogen) atoms. The molecule has 0 aromatic heterocycles. The Hall–Kier alpha value is -2.51. The van der Waals surface area contributed by atoms with Crippen LogP contribution in [-0.2, 0) is 14.9 Å². The Balaban J connectivity index is 0.00000294. The zero-order chi connectivity index (χ0) is 25.5. The van der Waals surface area contributed by atoms with E-state index in [0.29, 0.717) is 23.6 Å². The van der Waals surface area contributed by atoms with Crippen LogP contribution in [0.25, 0.3) is 0 Å². The SMILES string of the molecule is O=C1c2ccccc2C(=O)N1CC[N+]12CCC(CC1)[C@@H](OC(=O)C1(c3ccccc3)CCCCCC1)C2.[Br-]. The molecule has 202 valence electrons. The molecular formula is C31H37BrN2O4. The summed E-state index contributed by atoms with van der Waals surface area (Å²) in [6, 6.07) is 17.3. The zero-order valence-electron chi connectivity index (χ0n) is 21.9. The molecule has 2 bridgehead atoms. The monoisotopic (exact) mass is 580 g/mol. The first kappa shape index (κ1) is 27.1. The molecule has 4 fully saturated rings. The highest BCUT2D eigenvalue weighted by molar-refractivity contribution is 6.21. The standard InChI is InChI=1S/C31H37N2O4.BrH/c34-28-25-12-6-7-13-26(25)29(35)32(28)18-21-33-19-14-23(15-20-33)27(22-33)37-30(36)31(16-8-1-2-9-17-31)24-10-4-3-5-11-24;/h3-7,10-13,23,27H,1-2,8-9,14-22H2;1H/q+1;/p-1/t23?,27-,33?;/m0./s1. The molecule has 2 aromatic rings. The van der Waals surface area contributed by atoms with Gasteiger partial charge in [-0.25, -0.2) is 0 Å². The number of hydrogen-bond donors (Lipinski definition) is 0. The van der Waals surface area contributed by atoms with Crippen LogP contribution in [0.4, 0.5) is 0 Å². The summed E-state index contributed by atoms with van der Waals surface area (Å²) < 4.78 is 7.29. The Labute approximate surface area is 235 Å². The predicted molar refractivity (Wildman–Crippen MR) is 140 cm³/mol. The van der Waals surface area contributed by atoms with E-state index in [1.54, 1.807) is 24.3 Å². The number of quaternary nitrogens is 1. The van der Waals surface area contributed by atoms with Gasteiger partial charge in [0.2, 0.25) is 0 Å². The molecule has 4 aliphatic heterocycles. The van der Waals surface area contributed by atoms with Gasteiger partial charge in [-0.3, -0.25) is 19.3 Å². The third-order valence-corrected chi connectivity index (χ3v) is 9.65. The van der Waals surface area contributed by atoms with E-state index in [1.807, 2.05) is 18.2 Å². The Morgan fingerprint density at radius 1 is 0.868 bits per heavy atom. The van der Waals surface area contributed by atoms with Crippen molar-refractivity contribution in [1.82, 2.24) is 4.90 Å². The minimum absolute atomic E-state index is 0. The smallest absolute Gasteiger partial charge is 0.317 e. The van der Waals surface area contributed by atoms with E-state index < -0.39 is 5.41 Å². The molecule has 0 radical (unpaired) electrons. The summed E-state index contributed by atoms with van der Waals surface area (Å²) in [5.74, 6) is -0.0154. The zero-order valence-corrected chi connectivity index (χ0v) is 23.5. The third-order valence-electron chi connectivity index (χ3n) is 9.65. The van der Waals surface area contributed by atoms with Crippen molar-refractivity contribution in [2.24, 2.45) is 5.92 Å². The Bertz CT molecular complexity index is 1150. The van der Waals surface area contributed by atoms with Gasteiger partial charge in [-0.05, 0) is 30.5 Å². The first-order valence-corrected chi connectivity index (χ1v) is 14.1. The highest BCUT2D eigenvalue weighted by atomic mass is 79.9. The van der Waals surface area contributed by atoms with Crippen molar-refractivity contribution in [3.05, 3.63) is 71.3 Å². The molecule has 2 aromatic carbocycles. The van der Waals surface area contributed by atoms with Crippen LogP contribution in [-0.4, -0.2) is 66.0 Å². The lowest BCUT2D eigenvalue weighted by molar-refractivity contribution is -0.945. The van der Waals surface area contributed by atoms with Gasteiger partial charge in [0.1, 0.15) is 6.54 Å².